The number of nitrogens with one attached hydrogen (secondary N) is 1. The van der Waals surface area contributed by atoms with Gasteiger partial charge in [0.15, 0.2) is 0 Å². The van der Waals surface area contributed by atoms with E-state index in [1.807, 2.05) is 56.3 Å². The van der Waals surface area contributed by atoms with Crippen LogP contribution in [0.1, 0.15) is 22.7 Å². The molecule has 1 atom stereocenters. The largest absolute Gasteiger partial charge is 0.368 e. The Balaban J connectivity index is 2.10. The van der Waals surface area contributed by atoms with Crippen LogP contribution in [0, 0.1) is 13.8 Å². The Morgan fingerprint density at radius 1 is 1.17 bits per heavy atom. The van der Waals surface area contributed by atoms with Gasteiger partial charge < -0.3 is 11.1 Å². The fraction of sp³-hybridized carbons (Fsp3) is 0.222. The molecule has 0 aromatic heterocycles. The van der Waals surface area contributed by atoms with Gasteiger partial charge in [0.25, 0.3) is 5.91 Å². The number of amides is 2. The van der Waals surface area contributed by atoms with Crippen molar-refractivity contribution in [3.05, 3.63) is 59.2 Å². The second kappa shape index (κ2) is 5.76. The number of hydrogen-bond donors (Lipinski definition) is 2. The lowest BCUT2D eigenvalue weighted by atomic mass is 9.99. The van der Waals surface area contributed by atoms with E-state index in [-0.39, 0.29) is 12.5 Å². The van der Waals surface area contributed by atoms with Gasteiger partial charge in [0.2, 0.25) is 5.91 Å². The molecular formula is C18H19N3O2. The molecule has 1 aliphatic rings. The number of hydrogen-bond acceptors (Lipinski definition) is 3. The molecule has 1 heterocycles. The van der Waals surface area contributed by atoms with Gasteiger partial charge in [-0.3, -0.25) is 14.5 Å². The Morgan fingerprint density at radius 3 is 2.48 bits per heavy atom. The minimum Gasteiger partial charge on any atom is -0.368 e. The summed E-state index contributed by atoms with van der Waals surface area (Å²) in [7, 11) is 0. The van der Waals surface area contributed by atoms with Gasteiger partial charge >= 0.3 is 0 Å². The molecule has 118 valence electrons. The van der Waals surface area contributed by atoms with Crippen molar-refractivity contribution in [3.8, 4) is 0 Å². The van der Waals surface area contributed by atoms with Crippen molar-refractivity contribution >= 4 is 23.2 Å². The van der Waals surface area contributed by atoms with Crippen LogP contribution in [-0.2, 0) is 9.59 Å². The van der Waals surface area contributed by atoms with Gasteiger partial charge in [-0.25, -0.2) is 0 Å². The highest BCUT2D eigenvalue weighted by Crippen LogP contribution is 2.38. The maximum Gasteiger partial charge on any atom is 0.254 e. The van der Waals surface area contributed by atoms with Crippen LogP contribution in [0.25, 0.3) is 0 Å². The summed E-state index contributed by atoms with van der Waals surface area (Å²) in [4.78, 5) is 25.8. The highest BCUT2D eigenvalue weighted by Gasteiger charge is 2.34. The molecule has 3 rings (SSSR count). The number of carbonyl (C=O) groups excluding carboxylic acids is 2. The normalized spacial score (nSPS) is 16.7. The third kappa shape index (κ3) is 2.77. The quantitative estimate of drug-likeness (QED) is 0.913. The maximum absolute atomic E-state index is 12.9. The van der Waals surface area contributed by atoms with Gasteiger partial charge in [-0.05, 0) is 42.7 Å². The van der Waals surface area contributed by atoms with Crippen molar-refractivity contribution in [2.75, 3.05) is 16.8 Å². The third-order valence-electron chi connectivity index (χ3n) is 4.16. The minimum absolute atomic E-state index is 0.126. The van der Waals surface area contributed by atoms with Crippen LogP contribution in [0.5, 0.6) is 0 Å². The summed E-state index contributed by atoms with van der Waals surface area (Å²) < 4.78 is 0. The summed E-state index contributed by atoms with van der Waals surface area (Å²) >= 11 is 0. The van der Waals surface area contributed by atoms with Crippen LogP contribution in [-0.4, -0.2) is 18.4 Å². The summed E-state index contributed by atoms with van der Waals surface area (Å²) in [6, 6.07) is 12.9. The van der Waals surface area contributed by atoms with E-state index < -0.39 is 11.9 Å². The van der Waals surface area contributed by atoms with Crippen LogP contribution >= 0.6 is 0 Å². The number of benzene rings is 2. The van der Waals surface area contributed by atoms with Crippen molar-refractivity contribution in [2.45, 2.75) is 19.9 Å². The summed E-state index contributed by atoms with van der Waals surface area (Å²) in [5.41, 5.74) is 9.92. The lowest BCUT2D eigenvalue weighted by molar-refractivity contribution is -0.123. The van der Waals surface area contributed by atoms with Gasteiger partial charge in [-0.15, -0.1) is 0 Å². The second-order valence-electron chi connectivity index (χ2n) is 5.83. The van der Waals surface area contributed by atoms with Crippen molar-refractivity contribution < 1.29 is 9.59 Å². The van der Waals surface area contributed by atoms with Crippen LogP contribution < -0.4 is 16.0 Å². The van der Waals surface area contributed by atoms with Gasteiger partial charge in [0, 0.05) is 0 Å². The summed E-state index contributed by atoms with van der Waals surface area (Å²) in [5, 5.41) is 3.29. The number of aryl methyl sites for hydroxylation is 2. The summed E-state index contributed by atoms with van der Waals surface area (Å²) in [6.07, 6.45) is 0. The van der Waals surface area contributed by atoms with Crippen LogP contribution in [0.3, 0.4) is 0 Å². The van der Waals surface area contributed by atoms with E-state index in [2.05, 4.69) is 5.32 Å². The molecule has 0 fully saturated rings. The topological polar surface area (TPSA) is 75.4 Å². The zero-order chi connectivity index (χ0) is 16.6. The Labute approximate surface area is 135 Å². The molecule has 0 bridgehead atoms. The molecule has 2 amide bonds. The number of nitrogens with zero attached hydrogens (tertiary/aromatic N) is 1. The third-order valence-corrected chi connectivity index (χ3v) is 4.16. The predicted octanol–water partition coefficient (Wildman–Crippen LogP) is 2.29. The van der Waals surface area contributed by atoms with E-state index >= 15 is 0 Å². The smallest absolute Gasteiger partial charge is 0.254 e. The average Bonchev–Trinajstić information content (AvgIpc) is 2.52. The number of carbonyl (C=O) groups is 2. The van der Waals surface area contributed by atoms with Crippen molar-refractivity contribution in [1.29, 1.82) is 0 Å². The highest BCUT2D eigenvalue weighted by atomic mass is 16.2. The van der Waals surface area contributed by atoms with Crippen molar-refractivity contribution in [3.63, 3.8) is 0 Å². The first-order chi connectivity index (χ1) is 11.0. The van der Waals surface area contributed by atoms with Crippen LogP contribution in [0.15, 0.2) is 42.5 Å². The van der Waals surface area contributed by atoms with Crippen molar-refractivity contribution in [1.82, 2.24) is 0 Å². The van der Waals surface area contributed by atoms with E-state index in [0.717, 1.165) is 22.4 Å². The lowest BCUT2D eigenvalue weighted by Gasteiger charge is -2.35. The highest BCUT2D eigenvalue weighted by molar-refractivity contribution is 6.08. The zero-order valence-electron chi connectivity index (χ0n) is 13.2. The molecule has 5 heteroatoms. The first-order valence-corrected chi connectivity index (χ1v) is 7.50. The van der Waals surface area contributed by atoms with E-state index in [0.29, 0.717) is 5.69 Å². The lowest BCUT2D eigenvalue weighted by Crippen LogP contribution is -2.46. The molecular weight excluding hydrogens is 290 g/mol. The predicted molar refractivity (Wildman–Crippen MR) is 90.3 cm³/mol. The SMILES string of the molecule is Cc1cc2c(cc1C)N(CC(N)=O)C(=O)C(c1ccccc1)N2. The van der Waals surface area contributed by atoms with Gasteiger partial charge in [-0.1, -0.05) is 30.3 Å². The molecule has 0 spiro atoms. The fourth-order valence-electron chi connectivity index (χ4n) is 2.82. The summed E-state index contributed by atoms with van der Waals surface area (Å²) in [6.45, 7) is 3.87. The van der Waals surface area contributed by atoms with Gasteiger partial charge in [0.1, 0.15) is 12.6 Å². The second-order valence-corrected chi connectivity index (χ2v) is 5.83. The Kier molecular flexibility index (Phi) is 3.78. The molecule has 23 heavy (non-hydrogen) atoms. The molecule has 0 radical (unpaired) electrons. The molecule has 3 N–H and O–H groups in total. The molecule has 0 saturated heterocycles. The maximum atomic E-state index is 12.9. The molecule has 0 aliphatic carbocycles. The molecule has 2 aromatic rings. The fourth-order valence-corrected chi connectivity index (χ4v) is 2.82. The number of fused-ring (bicyclic) bond motifs is 1. The Morgan fingerprint density at radius 2 is 1.83 bits per heavy atom. The summed E-state index contributed by atoms with van der Waals surface area (Å²) in [5.74, 6) is -0.706. The average molecular weight is 309 g/mol. The van der Waals surface area contributed by atoms with Crippen molar-refractivity contribution in [2.24, 2.45) is 5.73 Å². The molecule has 1 unspecified atom stereocenters. The van der Waals surface area contributed by atoms with Crippen LogP contribution in [0.4, 0.5) is 11.4 Å². The molecule has 0 saturated carbocycles. The van der Waals surface area contributed by atoms with Gasteiger partial charge in [-0.2, -0.15) is 0 Å². The molecule has 2 aromatic carbocycles. The number of anilines is 2. The monoisotopic (exact) mass is 309 g/mol. The zero-order valence-corrected chi connectivity index (χ0v) is 13.2. The first kappa shape index (κ1) is 15.1. The van der Waals surface area contributed by atoms with E-state index in [4.69, 9.17) is 5.73 Å². The van der Waals surface area contributed by atoms with E-state index in [9.17, 15) is 9.59 Å². The Bertz CT molecular complexity index is 771. The van der Waals surface area contributed by atoms with E-state index in [1.165, 1.54) is 4.90 Å². The number of nitrogens with two attached hydrogens (primary N) is 1. The standard InChI is InChI=1S/C18H19N3O2/c1-11-8-14-15(9-12(11)2)21(10-16(19)22)18(23)17(20-14)13-6-4-3-5-7-13/h3-9,17,20H,10H2,1-2H3,(H2,19,22). The van der Waals surface area contributed by atoms with Gasteiger partial charge in [0.05, 0.1) is 11.4 Å². The van der Waals surface area contributed by atoms with E-state index in [1.54, 1.807) is 0 Å². The number of primary amides is 1. The minimum atomic E-state index is -0.531. The molecule has 1 aliphatic heterocycles. The molecule has 5 nitrogen and oxygen atoms in total. The first-order valence-electron chi connectivity index (χ1n) is 7.50. The number of rotatable bonds is 3. The van der Waals surface area contributed by atoms with Crippen LogP contribution in [0.2, 0.25) is 0 Å². The Hall–Kier alpha value is -2.82.